The largest absolute Gasteiger partial charge is 0.354 e. The molecule has 1 heterocycles. The molecule has 1 aliphatic rings. The molecular formula is C20H26Cl2N4O. The van der Waals surface area contributed by atoms with E-state index in [-0.39, 0.29) is 5.91 Å². The second-order valence-corrected chi connectivity index (χ2v) is 8.23. The van der Waals surface area contributed by atoms with Gasteiger partial charge in [-0.25, -0.2) is 4.68 Å². The zero-order valence-electron chi connectivity index (χ0n) is 16.2. The van der Waals surface area contributed by atoms with Gasteiger partial charge in [0.05, 0.1) is 22.8 Å². The van der Waals surface area contributed by atoms with Gasteiger partial charge < -0.3 is 5.32 Å². The van der Waals surface area contributed by atoms with Crippen molar-refractivity contribution in [3.63, 3.8) is 0 Å². The maximum Gasteiger partial charge on any atom is 0.224 e. The number of nitrogens with zero attached hydrogens (tertiary/aromatic N) is 3. The van der Waals surface area contributed by atoms with Crippen molar-refractivity contribution in [3.05, 3.63) is 45.2 Å². The van der Waals surface area contributed by atoms with Crippen molar-refractivity contribution in [2.45, 2.75) is 52.1 Å². The van der Waals surface area contributed by atoms with Crippen LogP contribution in [0.4, 0.5) is 0 Å². The molecule has 1 amide bonds. The number of likely N-dealkylation sites (N-methyl/N-ethyl adjacent to an activating group) is 1. The van der Waals surface area contributed by atoms with Crippen LogP contribution in [0, 0.1) is 13.8 Å². The highest BCUT2D eigenvalue weighted by atomic mass is 35.5. The number of hydrogen-bond acceptors (Lipinski definition) is 3. The Bertz CT molecular complexity index is 845. The maximum atomic E-state index is 12.5. The number of aromatic nitrogens is 2. The lowest BCUT2D eigenvalue weighted by Crippen LogP contribution is -2.41. The van der Waals surface area contributed by atoms with Crippen molar-refractivity contribution in [2.75, 3.05) is 13.6 Å². The van der Waals surface area contributed by atoms with Gasteiger partial charge in [-0.3, -0.25) is 9.69 Å². The molecule has 1 unspecified atom stereocenters. The fourth-order valence-corrected chi connectivity index (χ4v) is 3.78. The van der Waals surface area contributed by atoms with Gasteiger partial charge in [-0.05, 0) is 58.9 Å². The van der Waals surface area contributed by atoms with Gasteiger partial charge in [0, 0.05) is 34.9 Å². The average Bonchev–Trinajstić information content (AvgIpc) is 3.42. The van der Waals surface area contributed by atoms with Crippen LogP contribution >= 0.6 is 23.2 Å². The SMILES string of the molecule is Cc1nn(-c2ccc(Cl)cc2Cl)c(C)c1CC(=O)NCC(C)N(C)C1CC1. The Hall–Kier alpha value is -1.56. The van der Waals surface area contributed by atoms with Crippen molar-refractivity contribution in [2.24, 2.45) is 0 Å². The van der Waals surface area contributed by atoms with Gasteiger partial charge in [0.15, 0.2) is 0 Å². The lowest BCUT2D eigenvalue weighted by atomic mass is 10.1. The molecule has 1 fully saturated rings. The van der Waals surface area contributed by atoms with E-state index >= 15 is 0 Å². The standard InChI is InChI=1S/C20H26Cl2N4O/c1-12(25(4)16-6-7-16)11-23-20(27)10-17-13(2)24-26(14(17)3)19-8-5-15(21)9-18(19)22/h5,8-9,12,16H,6-7,10-11H2,1-4H3,(H,23,27). The first-order valence-electron chi connectivity index (χ1n) is 9.27. The average molecular weight is 409 g/mol. The molecule has 1 aromatic carbocycles. The predicted molar refractivity (Wildman–Crippen MR) is 110 cm³/mol. The van der Waals surface area contributed by atoms with Crippen LogP contribution in [0.1, 0.15) is 36.7 Å². The summed E-state index contributed by atoms with van der Waals surface area (Å²) in [5, 5.41) is 8.74. The van der Waals surface area contributed by atoms with Crippen molar-refractivity contribution < 1.29 is 4.79 Å². The highest BCUT2D eigenvalue weighted by Gasteiger charge is 2.29. The zero-order chi connectivity index (χ0) is 19.7. The molecule has 1 saturated carbocycles. The van der Waals surface area contributed by atoms with Crippen molar-refractivity contribution in [1.29, 1.82) is 0 Å². The topological polar surface area (TPSA) is 50.2 Å². The van der Waals surface area contributed by atoms with Crippen LogP contribution in [-0.2, 0) is 11.2 Å². The van der Waals surface area contributed by atoms with Gasteiger partial charge in [-0.15, -0.1) is 0 Å². The Kier molecular flexibility index (Phi) is 6.14. The third-order valence-electron chi connectivity index (χ3n) is 5.33. The molecule has 2 aromatic rings. The van der Waals surface area contributed by atoms with E-state index in [1.807, 2.05) is 19.9 Å². The Morgan fingerprint density at radius 3 is 2.70 bits per heavy atom. The first-order chi connectivity index (χ1) is 12.8. The summed E-state index contributed by atoms with van der Waals surface area (Å²) in [5.74, 6) is 0.0130. The van der Waals surface area contributed by atoms with Crippen LogP contribution < -0.4 is 5.32 Å². The molecule has 27 heavy (non-hydrogen) atoms. The van der Waals surface area contributed by atoms with Gasteiger partial charge in [-0.2, -0.15) is 5.10 Å². The second-order valence-electron chi connectivity index (χ2n) is 7.38. The van der Waals surface area contributed by atoms with Gasteiger partial charge in [0.25, 0.3) is 0 Å². The number of benzene rings is 1. The van der Waals surface area contributed by atoms with Gasteiger partial charge in [0.1, 0.15) is 0 Å². The van der Waals surface area contributed by atoms with Crippen LogP contribution in [-0.4, -0.2) is 46.3 Å². The van der Waals surface area contributed by atoms with Gasteiger partial charge in [-0.1, -0.05) is 23.2 Å². The van der Waals surface area contributed by atoms with E-state index in [0.717, 1.165) is 22.6 Å². The fourth-order valence-electron chi connectivity index (χ4n) is 3.29. The molecule has 1 aromatic heterocycles. The highest BCUT2D eigenvalue weighted by molar-refractivity contribution is 6.35. The molecule has 0 saturated heterocycles. The smallest absolute Gasteiger partial charge is 0.224 e. The Balaban J connectivity index is 1.68. The number of hydrogen-bond donors (Lipinski definition) is 1. The number of carbonyl (C=O) groups excluding carboxylic acids is 1. The molecule has 7 heteroatoms. The number of carbonyl (C=O) groups is 1. The third-order valence-corrected chi connectivity index (χ3v) is 5.87. The Morgan fingerprint density at radius 2 is 2.07 bits per heavy atom. The molecule has 3 rings (SSSR count). The maximum absolute atomic E-state index is 12.5. The first kappa shape index (κ1) is 20.2. The summed E-state index contributed by atoms with van der Waals surface area (Å²) in [7, 11) is 2.13. The quantitative estimate of drug-likeness (QED) is 0.754. The third kappa shape index (κ3) is 4.65. The fraction of sp³-hybridized carbons (Fsp3) is 0.500. The number of amides is 1. The predicted octanol–water partition coefficient (Wildman–Crippen LogP) is 3.94. The summed E-state index contributed by atoms with van der Waals surface area (Å²) in [6.07, 6.45) is 2.84. The minimum atomic E-state index is 0.0130. The van der Waals surface area contributed by atoms with Crippen molar-refractivity contribution >= 4 is 29.1 Å². The molecule has 5 nitrogen and oxygen atoms in total. The van der Waals surface area contributed by atoms with E-state index in [9.17, 15) is 4.79 Å². The van der Waals surface area contributed by atoms with E-state index in [4.69, 9.17) is 23.2 Å². The summed E-state index contributed by atoms with van der Waals surface area (Å²) in [6, 6.07) is 6.33. The van der Waals surface area contributed by atoms with Crippen LogP contribution in [0.15, 0.2) is 18.2 Å². The number of aryl methyl sites for hydroxylation is 1. The first-order valence-corrected chi connectivity index (χ1v) is 10.0. The molecule has 1 N–H and O–H groups in total. The summed E-state index contributed by atoms with van der Waals surface area (Å²) in [6.45, 7) is 6.67. The summed E-state index contributed by atoms with van der Waals surface area (Å²) >= 11 is 12.3. The summed E-state index contributed by atoms with van der Waals surface area (Å²) in [4.78, 5) is 14.8. The van der Waals surface area contributed by atoms with Crippen molar-refractivity contribution in [3.8, 4) is 5.69 Å². The van der Waals surface area contributed by atoms with Crippen molar-refractivity contribution in [1.82, 2.24) is 20.0 Å². The molecule has 0 spiro atoms. The Morgan fingerprint density at radius 1 is 1.37 bits per heavy atom. The molecule has 146 valence electrons. The number of halogens is 2. The van der Waals surface area contributed by atoms with E-state index in [2.05, 4.69) is 29.3 Å². The molecule has 1 atom stereocenters. The van der Waals surface area contributed by atoms with Crippen LogP contribution in [0.3, 0.4) is 0 Å². The summed E-state index contributed by atoms with van der Waals surface area (Å²) < 4.78 is 1.78. The minimum absolute atomic E-state index is 0.0130. The molecule has 0 bridgehead atoms. The molecule has 1 aliphatic carbocycles. The van der Waals surface area contributed by atoms with Gasteiger partial charge >= 0.3 is 0 Å². The molecular weight excluding hydrogens is 383 g/mol. The highest BCUT2D eigenvalue weighted by Crippen LogP contribution is 2.28. The van der Waals surface area contributed by atoms with E-state index in [1.54, 1.807) is 16.8 Å². The second kappa shape index (κ2) is 8.21. The lowest BCUT2D eigenvalue weighted by Gasteiger charge is -2.24. The monoisotopic (exact) mass is 408 g/mol. The zero-order valence-corrected chi connectivity index (χ0v) is 17.7. The Labute approximate surface area is 170 Å². The summed E-state index contributed by atoms with van der Waals surface area (Å²) in [5.41, 5.74) is 3.43. The van der Waals surface area contributed by atoms with Gasteiger partial charge in [0.2, 0.25) is 5.91 Å². The molecule has 0 aliphatic heterocycles. The van der Waals surface area contributed by atoms with E-state index in [0.29, 0.717) is 35.1 Å². The molecule has 0 radical (unpaired) electrons. The van der Waals surface area contributed by atoms with E-state index < -0.39 is 0 Å². The number of rotatable bonds is 7. The lowest BCUT2D eigenvalue weighted by molar-refractivity contribution is -0.120. The van der Waals surface area contributed by atoms with Crippen LogP contribution in [0.25, 0.3) is 5.69 Å². The minimum Gasteiger partial charge on any atom is -0.354 e. The van der Waals surface area contributed by atoms with E-state index in [1.165, 1.54) is 12.8 Å². The normalized spacial score (nSPS) is 15.2. The number of nitrogens with one attached hydrogen (secondary N) is 1. The van der Waals surface area contributed by atoms with Crippen LogP contribution in [0.5, 0.6) is 0 Å². The van der Waals surface area contributed by atoms with Crippen LogP contribution in [0.2, 0.25) is 10.0 Å².